The Bertz CT molecular complexity index is 368. The molecule has 1 aromatic rings. The van der Waals surface area contributed by atoms with Crippen molar-refractivity contribution >= 4 is 0 Å². The molecule has 2 nitrogen and oxygen atoms in total. The monoisotopic (exact) mass is 244 g/mol. The topological polar surface area (TPSA) is 15.3 Å². The van der Waals surface area contributed by atoms with Gasteiger partial charge in [0.1, 0.15) is 0 Å². The third kappa shape index (κ3) is 2.45. The number of nitrogens with zero attached hydrogens (tertiary/aromatic N) is 1. The smallest absolute Gasteiger partial charge is 0.0255 e. The second-order valence-electron chi connectivity index (χ2n) is 5.81. The zero-order valence-electron chi connectivity index (χ0n) is 11.3. The van der Waals surface area contributed by atoms with Crippen molar-refractivity contribution in [1.29, 1.82) is 0 Å². The molecule has 3 atom stereocenters. The summed E-state index contributed by atoms with van der Waals surface area (Å²) in [5.41, 5.74) is 1.45. The van der Waals surface area contributed by atoms with Crippen molar-refractivity contribution in [2.75, 3.05) is 13.1 Å². The minimum absolute atomic E-state index is 0.735. The minimum atomic E-state index is 0.735. The normalized spacial score (nSPS) is 30.9. The van der Waals surface area contributed by atoms with E-state index in [0.717, 1.165) is 31.1 Å². The summed E-state index contributed by atoms with van der Waals surface area (Å²) in [4.78, 5) is 2.66. The van der Waals surface area contributed by atoms with Gasteiger partial charge in [-0.15, -0.1) is 0 Å². The van der Waals surface area contributed by atoms with Crippen LogP contribution in [0.25, 0.3) is 0 Å². The molecule has 2 saturated heterocycles. The molecule has 3 unspecified atom stereocenters. The van der Waals surface area contributed by atoms with E-state index in [9.17, 15) is 0 Å². The maximum atomic E-state index is 3.73. The fraction of sp³-hybridized carbons (Fsp3) is 0.625. The van der Waals surface area contributed by atoms with Gasteiger partial charge < -0.3 is 5.32 Å². The number of hydrogen-bond acceptors (Lipinski definition) is 2. The first-order valence-electron chi connectivity index (χ1n) is 7.38. The standard InChI is InChI=1S/C16H24N2/c1-2-18(12-13-6-4-3-5-7-13)16-10-14-8-9-15(16)17-11-14/h3-7,14-17H,2,8-12H2,1H3. The molecule has 18 heavy (non-hydrogen) atoms. The van der Waals surface area contributed by atoms with Gasteiger partial charge in [-0.25, -0.2) is 0 Å². The van der Waals surface area contributed by atoms with Crippen molar-refractivity contribution in [3.63, 3.8) is 0 Å². The van der Waals surface area contributed by atoms with Gasteiger partial charge in [0.05, 0.1) is 0 Å². The van der Waals surface area contributed by atoms with Gasteiger partial charge in [0, 0.05) is 18.6 Å². The Hall–Kier alpha value is -0.860. The highest BCUT2D eigenvalue weighted by atomic mass is 15.2. The maximum absolute atomic E-state index is 3.73. The molecule has 3 fully saturated rings. The summed E-state index contributed by atoms with van der Waals surface area (Å²) in [6, 6.07) is 12.4. The van der Waals surface area contributed by atoms with Gasteiger partial charge in [-0.1, -0.05) is 37.3 Å². The minimum Gasteiger partial charge on any atom is -0.312 e. The van der Waals surface area contributed by atoms with Crippen LogP contribution in [0.15, 0.2) is 30.3 Å². The molecule has 98 valence electrons. The van der Waals surface area contributed by atoms with E-state index in [1.807, 2.05) is 0 Å². The van der Waals surface area contributed by atoms with E-state index in [1.165, 1.54) is 31.4 Å². The lowest BCUT2D eigenvalue weighted by Crippen LogP contribution is -2.59. The number of fused-ring (bicyclic) bond motifs is 3. The highest BCUT2D eigenvalue weighted by molar-refractivity contribution is 5.15. The molecule has 4 rings (SSSR count). The van der Waals surface area contributed by atoms with Crippen LogP contribution in [0.4, 0.5) is 0 Å². The Kier molecular flexibility index (Phi) is 3.67. The lowest BCUT2D eigenvalue weighted by molar-refractivity contribution is 0.0603. The number of rotatable bonds is 4. The quantitative estimate of drug-likeness (QED) is 0.876. The maximum Gasteiger partial charge on any atom is 0.0255 e. The van der Waals surface area contributed by atoms with E-state index in [0.29, 0.717) is 0 Å². The molecule has 3 aliphatic rings. The number of benzene rings is 1. The molecule has 0 radical (unpaired) electrons. The third-order valence-corrected chi connectivity index (χ3v) is 4.70. The van der Waals surface area contributed by atoms with E-state index in [2.05, 4.69) is 47.5 Å². The third-order valence-electron chi connectivity index (χ3n) is 4.70. The van der Waals surface area contributed by atoms with Crippen LogP contribution in [0.1, 0.15) is 31.7 Å². The number of likely N-dealkylation sites (N-methyl/N-ethyl adjacent to an activating group) is 1. The van der Waals surface area contributed by atoms with Gasteiger partial charge in [0.25, 0.3) is 0 Å². The van der Waals surface area contributed by atoms with E-state index >= 15 is 0 Å². The molecule has 1 N–H and O–H groups in total. The van der Waals surface area contributed by atoms with Crippen molar-refractivity contribution in [2.45, 2.75) is 44.8 Å². The second-order valence-corrected chi connectivity index (χ2v) is 5.81. The molecule has 0 spiro atoms. The number of nitrogens with one attached hydrogen (secondary N) is 1. The Morgan fingerprint density at radius 1 is 1.22 bits per heavy atom. The van der Waals surface area contributed by atoms with E-state index in [4.69, 9.17) is 0 Å². The van der Waals surface area contributed by atoms with Gasteiger partial charge >= 0.3 is 0 Å². The van der Waals surface area contributed by atoms with Crippen molar-refractivity contribution in [2.24, 2.45) is 5.92 Å². The molecule has 2 heterocycles. The fourth-order valence-electron chi connectivity index (χ4n) is 3.66. The first kappa shape index (κ1) is 12.2. The molecule has 0 aromatic heterocycles. The van der Waals surface area contributed by atoms with E-state index < -0.39 is 0 Å². The van der Waals surface area contributed by atoms with Crippen LogP contribution in [-0.4, -0.2) is 30.1 Å². The van der Waals surface area contributed by atoms with E-state index in [-0.39, 0.29) is 0 Å². The van der Waals surface area contributed by atoms with Crippen LogP contribution in [-0.2, 0) is 6.54 Å². The largest absolute Gasteiger partial charge is 0.312 e. The van der Waals surface area contributed by atoms with Crippen molar-refractivity contribution in [3.05, 3.63) is 35.9 Å². The molecule has 0 amide bonds. The SMILES string of the molecule is CCN(Cc1ccccc1)C1CC2CCC1NC2. The average molecular weight is 244 g/mol. The van der Waals surface area contributed by atoms with Crippen LogP contribution in [0, 0.1) is 5.92 Å². The molecular formula is C16H24N2. The second kappa shape index (κ2) is 5.41. The summed E-state index contributed by atoms with van der Waals surface area (Å²) in [7, 11) is 0. The van der Waals surface area contributed by atoms with Crippen LogP contribution < -0.4 is 5.32 Å². The zero-order valence-corrected chi connectivity index (χ0v) is 11.3. The highest BCUT2D eigenvalue weighted by Gasteiger charge is 2.37. The lowest BCUT2D eigenvalue weighted by Gasteiger charge is -2.47. The molecule has 1 saturated carbocycles. The predicted molar refractivity (Wildman–Crippen MR) is 75.4 cm³/mol. The van der Waals surface area contributed by atoms with Crippen LogP contribution >= 0.6 is 0 Å². The van der Waals surface area contributed by atoms with Crippen LogP contribution in [0.2, 0.25) is 0 Å². The molecule has 2 aliphatic heterocycles. The molecule has 2 bridgehead atoms. The van der Waals surface area contributed by atoms with Crippen LogP contribution in [0.5, 0.6) is 0 Å². The summed E-state index contributed by atoms with van der Waals surface area (Å²) >= 11 is 0. The predicted octanol–water partition coefficient (Wildman–Crippen LogP) is 2.65. The van der Waals surface area contributed by atoms with Crippen LogP contribution in [0.3, 0.4) is 0 Å². The van der Waals surface area contributed by atoms with Gasteiger partial charge in [0.15, 0.2) is 0 Å². The van der Waals surface area contributed by atoms with Gasteiger partial charge in [0.2, 0.25) is 0 Å². The van der Waals surface area contributed by atoms with Gasteiger partial charge in [-0.3, -0.25) is 4.90 Å². The first-order chi connectivity index (χ1) is 8.86. The first-order valence-corrected chi connectivity index (χ1v) is 7.38. The van der Waals surface area contributed by atoms with Crippen molar-refractivity contribution in [1.82, 2.24) is 10.2 Å². The Labute approximate surface area is 110 Å². The summed E-state index contributed by atoms with van der Waals surface area (Å²) in [6.45, 7) is 5.81. The summed E-state index contributed by atoms with van der Waals surface area (Å²) in [6.07, 6.45) is 4.22. The molecule has 2 heteroatoms. The average Bonchev–Trinajstić information content (AvgIpc) is 2.47. The Balaban J connectivity index is 1.69. The molecule has 1 aromatic carbocycles. The summed E-state index contributed by atoms with van der Waals surface area (Å²) in [5, 5.41) is 3.73. The lowest BCUT2D eigenvalue weighted by atomic mass is 9.77. The summed E-state index contributed by atoms with van der Waals surface area (Å²) in [5.74, 6) is 0.921. The molecule has 1 aliphatic carbocycles. The fourth-order valence-corrected chi connectivity index (χ4v) is 3.66. The highest BCUT2D eigenvalue weighted by Crippen LogP contribution is 2.32. The van der Waals surface area contributed by atoms with Crippen molar-refractivity contribution in [3.8, 4) is 0 Å². The van der Waals surface area contributed by atoms with E-state index in [1.54, 1.807) is 0 Å². The van der Waals surface area contributed by atoms with Crippen molar-refractivity contribution < 1.29 is 0 Å². The zero-order chi connectivity index (χ0) is 12.4. The van der Waals surface area contributed by atoms with Gasteiger partial charge in [-0.2, -0.15) is 0 Å². The number of hydrogen-bond donors (Lipinski definition) is 1. The van der Waals surface area contributed by atoms with Gasteiger partial charge in [-0.05, 0) is 43.8 Å². The summed E-state index contributed by atoms with van der Waals surface area (Å²) < 4.78 is 0. The number of piperidine rings is 2. The Morgan fingerprint density at radius 2 is 2.06 bits per heavy atom. The Morgan fingerprint density at radius 3 is 2.61 bits per heavy atom. The molecular weight excluding hydrogens is 220 g/mol.